The van der Waals surface area contributed by atoms with Gasteiger partial charge in [0.25, 0.3) is 5.91 Å². The molecule has 8 nitrogen and oxygen atoms in total. The number of nitrogens with zero attached hydrogens (tertiary/aromatic N) is 5. The highest BCUT2D eigenvalue weighted by Gasteiger charge is 2.38. The summed E-state index contributed by atoms with van der Waals surface area (Å²) >= 11 is 0. The van der Waals surface area contributed by atoms with Gasteiger partial charge in [0.2, 0.25) is 11.8 Å². The topological polar surface area (TPSA) is 91.9 Å². The smallest absolute Gasteiger partial charge is 0.270 e. The summed E-state index contributed by atoms with van der Waals surface area (Å²) in [7, 11) is 0. The van der Waals surface area contributed by atoms with Crippen molar-refractivity contribution < 1.29 is 14.1 Å². The average molecular weight is 345 g/mol. The molecule has 3 heterocycles. The average Bonchev–Trinajstić information content (AvgIpc) is 3.13. The molecule has 0 radical (unpaired) electrons. The number of rotatable bonds is 4. The van der Waals surface area contributed by atoms with Gasteiger partial charge in [0.05, 0.1) is 6.04 Å². The van der Waals surface area contributed by atoms with Crippen molar-refractivity contribution in [1.82, 2.24) is 20.0 Å². The van der Waals surface area contributed by atoms with Crippen LogP contribution in [0.5, 0.6) is 0 Å². The van der Waals surface area contributed by atoms with E-state index in [1.54, 1.807) is 4.90 Å². The van der Waals surface area contributed by atoms with Gasteiger partial charge in [0.1, 0.15) is 5.71 Å². The van der Waals surface area contributed by atoms with Crippen LogP contribution in [0.1, 0.15) is 76.0 Å². The molecular weight excluding hydrogens is 322 g/mol. The third-order valence-electron chi connectivity index (χ3n) is 4.99. The summed E-state index contributed by atoms with van der Waals surface area (Å²) in [5.41, 5.74) is 0.450. The zero-order valence-electron chi connectivity index (χ0n) is 14.6. The molecule has 4 rings (SSSR count). The van der Waals surface area contributed by atoms with Crippen LogP contribution in [0.2, 0.25) is 0 Å². The normalized spacial score (nSPS) is 24.2. The lowest BCUT2D eigenvalue weighted by Crippen LogP contribution is -2.43. The molecule has 8 heteroatoms. The largest absolute Gasteiger partial charge is 0.339 e. The van der Waals surface area contributed by atoms with E-state index in [0.717, 1.165) is 25.7 Å². The van der Waals surface area contributed by atoms with Crippen molar-refractivity contribution in [2.24, 2.45) is 5.10 Å². The van der Waals surface area contributed by atoms with E-state index < -0.39 is 0 Å². The van der Waals surface area contributed by atoms with Crippen LogP contribution in [0.4, 0.5) is 0 Å². The first-order valence-corrected chi connectivity index (χ1v) is 9.08. The molecule has 1 saturated carbocycles. The van der Waals surface area contributed by atoms with Crippen LogP contribution in [0.3, 0.4) is 0 Å². The van der Waals surface area contributed by atoms with Crippen LogP contribution < -0.4 is 0 Å². The molecule has 2 aliphatic heterocycles. The molecule has 1 aliphatic carbocycles. The Morgan fingerprint density at radius 3 is 2.76 bits per heavy atom. The van der Waals surface area contributed by atoms with Crippen molar-refractivity contribution in [3.8, 4) is 0 Å². The van der Waals surface area contributed by atoms with Gasteiger partial charge in [-0.1, -0.05) is 5.16 Å². The van der Waals surface area contributed by atoms with Crippen molar-refractivity contribution in [3.05, 3.63) is 11.7 Å². The predicted octanol–water partition coefficient (Wildman–Crippen LogP) is 2.00. The van der Waals surface area contributed by atoms with Gasteiger partial charge in [-0.25, -0.2) is 5.01 Å². The number of carbonyl (C=O) groups is 2. The Labute approximate surface area is 146 Å². The van der Waals surface area contributed by atoms with E-state index in [9.17, 15) is 9.59 Å². The van der Waals surface area contributed by atoms with Gasteiger partial charge in [0, 0.05) is 31.3 Å². The summed E-state index contributed by atoms with van der Waals surface area (Å²) in [4.78, 5) is 31.2. The monoisotopic (exact) mass is 345 g/mol. The van der Waals surface area contributed by atoms with Gasteiger partial charge in [-0.05, 0) is 39.5 Å². The summed E-state index contributed by atoms with van der Waals surface area (Å²) in [5.74, 6) is 1.55. The molecule has 134 valence electrons. The highest BCUT2D eigenvalue weighted by Crippen LogP contribution is 2.40. The fourth-order valence-electron chi connectivity index (χ4n) is 3.45. The molecule has 2 fully saturated rings. The van der Waals surface area contributed by atoms with E-state index in [-0.39, 0.29) is 23.9 Å². The minimum atomic E-state index is -0.156. The summed E-state index contributed by atoms with van der Waals surface area (Å²) < 4.78 is 5.35. The second-order valence-electron chi connectivity index (χ2n) is 7.30. The molecule has 0 N–H and O–H groups in total. The van der Waals surface area contributed by atoms with Crippen molar-refractivity contribution in [2.45, 2.75) is 70.4 Å². The number of aromatic nitrogens is 2. The summed E-state index contributed by atoms with van der Waals surface area (Å²) in [6, 6.07) is -0.208. The number of carbonyl (C=O) groups excluding carboxylic acids is 2. The molecule has 0 bridgehead atoms. The molecule has 3 aliphatic rings. The minimum Gasteiger partial charge on any atom is -0.339 e. The molecule has 1 aromatic heterocycles. The van der Waals surface area contributed by atoms with E-state index in [1.165, 1.54) is 5.01 Å². The van der Waals surface area contributed by atoms with Crippen LogP contribution in [0.15, 0.2) is 9.62 Å². The second-order valence-corrected chi connectivity index (χ2v) is 7.30. The Kier molecular flexibility index (Phi) is 4.05. The first-order valence-electron chi connectivity index (χ1n) is 9.08. The molecule has 1 atom stereocenters. The van der Waals surface area contributed by atoms with Crippen LogP contribution in [-0.4, -0.2) is 50.2 Å². The fourth-order valence-corrected chi connectivity index (χ4v) is 3.45. The molecule has 0 spiro atoms. The number of hydrazone groups is 1. The maximum absolute atomic E-state index is 13.0. The van der Waals surface area contributed by atoms with Crippen molar-refractivity contribution >= 4 is 17.5 Å². The third-order valence-corrected chi connectivity index (χ3v) is 4.99. The predicted molar refractivity (Wildman–Crippen MR) is 88.6 cm³/mol. The maximum atomic E-state index is 13.0. The highest BCUT2D eigenvalue weighted by molar-refractivity contribution is 6.39. The zero-order chi connectivity index (χ0) is 17.6. The van der Waals surface area contributed by atoms with Gasteiger partial charge >= 0.3 is 0 Å². The van der Waals surface area contributed by atoms with Crippen LogP contribution in [0, 0.1) is 0 Å². The van der Waals surface area contributed by atoms with Crippen LogP contribution in [-0.2, 0) is 9.59 Å². The van der Waals surface area contributed by atoms with E-state index in [2.05, 4.69) is 15.2 Å². The van der Waals surface area contributed by atoms with Gasteiger partial charge in [0.15, 0.2) is 5.82 Å². The molecule has 0 unspecified atom stereocenters. The van der Waals surface area contributed by atoms with Crippen molar-refractivity contribution in [1.29, 1.82) is 0 Å². The Bertz CT molecular complexity index is 722. The van der Waals surface area contributed by atoms with E-state index in [4.69, 9.17) is 4.52 Å². The molecule has 1 saturated heterocycles. The second kappa shape index (κ2) is 6.24. The Morgan fingerprint density at radius 2 is 2.04 bits per heavy atom. The molecular formula is C17H23N5O3. The van der Waals surface area contributed by atoms with E-state index >= 15 is 0 Å². The number of amides is 2. The molecule has 25 heavy (non-hydrogen) atoms. The number of hydrogen-bond donors (Lipinski definition) is 0. The SMILES string of the molecule is CC(C)N1N=C(C(=O)N2CCC[C@@H]2c2noc(C3CC3)n2)CCC1=O. The Hall–Kier alpha value is -2.25. The van der Waals surface area contributed by atoms with Crippen LogP contribution in [0.25, 0.3) is 0 Å². The van der Waals surface area contributed by atoms with E-state index in [1.807, 2.05) is 13.8 Å². The van der Waals surface area contributed by atoms with Gasteiger partial charge in [-0.15, -0.1) is 0 Å². The Balaban J connectivity index is 1.54. The van der Waals surface area contributed by atoms with Crippen LogP contribution >= 0.6 is 0 Å². The van der Waals surface area contributed by atoms with Crippen molar-refractivity contribution in [2.75, 3.05) is 6.54 Å². The maximum Gasteiger partial charge on any atom is 0.270 e. The summed E-state index contributed by atoms with van der Waals surface area (Å²) in [5, 5.41) is 9.85. The van der Waals surface area contributed by atoms with E-state index in [0.29, 0.717) is 42.7 Å². The first kappa shape index (κ1) is 16.2. The third kappa shape index (κ3) is 3.05. The Morgan fingerprint density at radius 1 is 1.24 bits per heavy atom. The van der Waals surface area contributed by atoms with Crippen molar-refractivity contribution in [3.63, 3.8) is 0 Å². The fraction of sp³-hybridized carbons (Fsp3) is 0.706. The number of likely N-dealkylation sites (tertiary alicyclic amines) is 1. The van der Waals surface area contributed by atoms with Gasteiger partial charge < -0.3 is 9.42 Å². The minimum absolute atomic E-state index is 0.0308. The molecule has 2 amide bonds. The van der Waals surface area contributed by atoms with Gasteiger partial charge in [-0.3, -0.25) is 9.59 Å². The summed E-state index contributed by atoms with van der Waals surface area (Å²) in [6.45, 7) is 4.45. The molecule has 0 aromatic carbocycles. The first-order chi connectivity index (χ1) is 12.0. The quantitative estimate of drug-likeness (QED) is 0.832. The van der Waals surface area contributed by atoms with Gasteiger partial charge in [-0.2, -0.15) is 10.1 Å². The standard InChI is InChI=1S/C17H23N5O3/c1-10(2)22-14(23)8-7-12(19-22)17(24)21-9-3-4-13(21)15-18-16(25-20-15)11-5-6-11/h10-11,13H,3-9H2,1-2H3/t13-/m1/s1. The molecule has 1 aromatic rings. The lowest BCUT2D eigenvalue weighted by molar-refractivity contribution is -0.133. The lowest BCUT2D eigenvalue weighted by atomic mass is 10.1. The summed E-state index contributed by atoms with van der Waals surface area (Å²) in [6.07, 6.45) is 4.66. The highest BCUT2D eigenvalue weighted by atomic mass is 16.5. The lowest BCUT2D eigenvalue weighted by Gasteiger charge is -2.29. The zero-order valence-corrected chi connectivity index (χ0v) is 14.6. The number of hydrogen-bond acceptors (Lipinski definition) is 6.